The topological polar surface area (TPSA) is 51.2 Å². The third-order valence-electron chi connectivity index (χ3n) is 3.13. The number of fused-ring (bicyclic) bond motifs is 1. The van der Waals surface area contributed by atoms with Crippen molar-refractivity contribution >= 4 is 38.8 Å². The summed E-state index contributed by atoms with van der Waals surface area (Å²) in [7, 11) is 1.62. The van der Waals surface area contributed by atoms with Crippen molar-refractivity contribution in [2.24, 2.45) is 0 Å². The molecule has 22 heavy (non-hydrogen) atoms. The molecule has 3 aromatic rings. The summed E-state index contributed by atoms with van der Waals surface area (Å²) in [4.78, 5) is 18.5. The summed E-state index contributed by atoms with van der Waals surface area (Å²) in [5.41, 5.74) is 0.996. The molecule has 0 spiro atoms. The first kappa shape index (κ1) is 15.1. The average molecular weight is 332 g/mol. The van der Waals surface area contributed by atoms with E-state index in [1.165, 1.54) is 11.3 Å². The van der Waals surface area contributed by atoms with E-state index in [-0.39, 0.29) is 11.9 Å². The summed E-state index contributed by atoms with van der Waals surface area (Å²) in [6, 6.07) is 11.8. The number of carbonyl (C=O) groups is 1. The second kappa shape index (κ2) is 6.56. The molecule has 3 rings (SSSR count). The van der Waals surface area contributed by atoms with Crippen molar-refractivity contribution in [1.29, 1.82) is 0 Å². The summed E-state index contributed by atoms with van der Waals surface area (Å²) in [5.74, 6) is -0.0677. The van der Waals surface area contributed by atoms with Crippen LogP contribution in [0.25, 0.3) is 20.1 Å². The van der Waals surface area contributed by atoms with Gasteiger partial charge in [0, 0.05) is 13.2 Å². The SMILES string of the molecule is COCC(C)NC(=O)c1ccc(-c2nc3ccccc3s2)s1. The van der Waals surface area contributed by atoms with Crippen LogP contribution in [0, 0.1) is 0 Å². The highest BCUT2D eigenvalue weighted by Gasteiger charge is 2.14. The Bertz CT molecular complexity index is 761. The first-order valence-corrected chi connectivity index (χ1v) is 8.56. The lowest BCUT2D eigenvalue weighted by atomic mass is 10.3. The van der Waals surface area contributed by atoms with Crippen molar-refractivity contribution in [3.05, 3.63) is 41.3 Å². The van der Waals surface area contributed by atoms with Crippen LogP contribution in [0.4, 0.5) is 0 Å². The Morgan fingerprint density at radius 2 is 2.09 bits per heavy atom. The number of aromatic nitrogens is 1. The van der Waals surface area contributed by atoms with E-state index in [2.05, 4.69) is 16.4 Å². The van der Waals surface area contributed by atoms with Crippen molar-refractivity contribution in [3.63, 3.8) is 0 Å². The molecule has 0 saturated heterocycles. The predicted octanol–water partition coefficient (Wildman–Crippen LogP) is 3.79. The molecule has 2 heterocycles. The van der Waals surface area contributed by atoms with Gasteiger partial charge in [-0.3, -0.25) is 4.79 Å². The Morgan fingerprint density at radius 3 is 2.86 bits per heavy atom. The second-order valence-electron chi connectivity index (χ2n) is 4.98. The number of hydrogen-bond donors (Lipinski definition) is 1. The van der Waals surface area contributed by atoms with Crippen LogP contribution in [0.3, 0.4) is 0 Å². The molecule has 0 aliphatic rings. The molecule has 6 heteroatoms. The molecule has 1 amide bonds. The lowest BCUT2D eigenvalue weighted by molar-refractivity contribution is 0.0909. The molecule has 0 bridgehead atoms. The Balaban J connectivity index is 1.79. The number of carbonyl (C=O) groups excluding carboxylic acids is 1. The summed E-state index contributed by atoms with van der Waals surface area (Å²) in [6.45, 7) is 2.42. The highest BCUT2D eigenvalue weighted by atomic mass is 32.1. The summed E-state index contributed by atoms with van der Waals surface area (Å²) < 4.78 is 6.19. The Kier molecular flexibility index (Phi) is 4.52. The smallest absolute Gasteiger partial charge is 0.261 e. The minimum absolute atomic E-state index is 0.00880. The molecule has 4 nitrogen and oxygen atoms in total. The standard InChI is InChI=1S/C16H16N2O2S2/c1-10(9-20-2)17-15(19)13-7-8-14(21-13)16-18-11-5-3-4-6-12(11)22-16/h3-8,10H,9H2,1-2H3,(H,17,19). The van der Waals surface area contributed by atoms with Crippen LogP contribution in [0.2, 0.25) is 0 Å². The highest BCUT2D eigenvalue weighted by molar-refractivity contribution is 7.26. The third-order valence-corrected chi connectivity index (χ3v) is 5.42. The summed E-state index contributed by atoms with van der Waals surface area (Å²) in [6.07, 6.45) is 0. The fourth-order valence-electron chi connectivity index (χ4n) is 2.14. The maximum atomic E-state index is 12.2. The highest BCUT2D eigenvalue weighted by Crippen LogP contribution is 2.34. The van der Waals surface area contributed by atoms with Crippen LogP contribution >= 0.6 is 22.7 Å². The van der Waals surface area contributed by atoms with Gasteiger partial charge in [0.2, 0.25) is 0 Å². The number of amides is 1. The van der Waals surface area contributed by atoms with E-state index in [1.54, 1.807) is 18.4 Å². The fourth-order valence-corrected chi connectivity index (χ4v) is 4.07. The van der Waals surface area contributed by atoms with Gasteiger partial charge in [0.05, 0.1) is 26.6 Å². The molecule has 1 atom stereocenters. The number of ether oxygens (including phenoxy) is 1. The first-order valence-electron chi connectivity index (χ1n) is 6.93. The van der Waals surface area contributed by atoms with E-state index >= 15 is 0 Å². The van der Waals surface area contributed by atoms with Gasteiger partial charge in [-0.1, -0.05) is 12.1 Å². The van der Waals surface area contributed by atoms with Gasteiger partial charge in [-0.25, -0.2) is 4.98 Å². The second-order valence-corrected chi connectivity index (χ2v) is 7.09. The molecule has 1 aromatic carbocycles. The van der Waals surface area contributed by atoms with E-state index in [0.717, 1.165) is 20.1 Å². The van der Waals surface area contributed by atoms with Gasteiger partial charge in [0.15, 0.2) is 0 Å². The van der Waals surface area contributed by atoms with Crippen molar-refractivity contribution < 1.29 is 9.53 Å². The number of nitrogens with zero attached hydrogens (tertiary/aromatic N) is 1. The Morgan fingerprint density at radius 1 is 1.27 bits per heavy atom. The van der Waals surface area contributed by atoms with E-state index in [1.807, 2.05) is 37.3 Å². The molecule has 0 aliphatic carbocycles. The van der Waals surface area contributed by atoms with Crippen LogP contribution in [0.1, 0.15) is 16.6 Å². The number of nitrogens with one attached hydrogen (secondary N) is 1. The van der Waals surface area contributed by atoms with Gasteiger partial charge in [0.1, 0.15) is 5.01 Å². The van der Waals surface area contributed by atoms with Crippen LogP contribution in [-0.2, 0) is 4.74 Å². The molecule has 1 N–H and O–H groups in total. The van der Waals surface area contributed by atoms with Crippen LogP contribution < -0.4 is 5.32 Å². The van der Waals surface area contributed by atoms with Crippen molar-refractivity contribution in [1.82, 2.24) is 10.3 Å². The van der Waals surface area contributed by atoms with Gasteiger partial charge >= 0.3 is 0 Å². The molecule has 2 aromatic heterocycles. The van der Waals surface area contributed by atoms with Gasteiger partial charge in [-0.2, -0.15) is 0 Å². The maximum absolute atomic E-state index is 12.2. The van der Waals surface area contributed by atoms with E-state index in [4.69, 9.17) is 4.74 Å². The van der Waals surface area contributed by atoms with E-state index < -0.39 is 0 Å². The Labute approximate surface area is 136 Å². The summed E-state index contributed by atoms with van der Waals surface area (Å²) in [5, 5.41) is 3.87. The van der Waals surface area contributed by atoms with Crippen LogP contribution in [-0.4, -0.2) is 30.6 Å². The first-order chi connectivity index (χ1) is 10.7. The van der Waals surface area contributed by atoms with Crippen LogP contribution in [0.5, 0.6) is 0 Å². The molecular weight excluding hydrogens is 316 g/mol. The quantitative estimate of drug-likeness (QED) is 0.773. The molecule has 0 saturated carbocycles. The Hall–Kier alpha value is -1.76. The van der Waals surface area contributed by atoms with Gasteiger partial charge < -0.3 is 10.1 Å². The molecule has 0 aliphatic heterocycles. The number of thiazole rings is 1. The number of para-hydroxylation sites is 1. The van der Waals surface area contributed by atoms with Crippen molar-refractivity contribution in [2.45, 2.75) is 13.0 Å². The predicted molar refractivity (Wildman–Crippen MR) is 91.7 cm³/mol. The minimum atomic E-state index is -0.0677. The molecule has 0 radical (unpaired) electrons. The largest absolute Gasteiger partial charge is 0.383 e. The normalized spacial score (nSPS) is 12.5. The zero-order valence-corrected chi connectivity index (χ0v) is 14.0. The number of thiophene rings is 1. The van der Waals surface area contributed by atoms with E-state index in [9.17, 15) is 4.79 Å². The van der Waals surface area contributed by atoms with E-state index in [0.29, 0.717) is 11.5 Å². The van der Waals surface area contributed by atoms with Gasteiger partial charge in [-0.05, 0) is 31.2 Å². The fraction of sp³-hybridized carbons (Fsp3) is 0.250. The molecule has 1 unspecified atom stereocenters. The number of methoxy groups -OCH3 is 1. The third kappa shape index (κ3) is 3.19. The number of rotatable bonds is 5. The van der Waals surface area contributed by atoms with Crippen LogP contribution in [0.15, 0.2) is 36.4 Å². The lowest BCUT2D eigenvalue weighted by Gasteiger charge is -2.11. The maximum Gasteiger partial charge on any atom is 0.261 e. The zero-order chi connectivity index (χ0) is 15.5. The monoisotopic (exact) mass is 332 g/mol. The summed E-state index contributed by atoms with van der Waals surface area (Å²) >= 11 is 3.11. The van der Waals surface area contributed by atoms with Gasteiger partial charge in [-0.15, -0.1) is 22.7 Å². The number of hydrogen-bond acceptors (Lipinski definition) is 5. The zero-order valence-electron chi connectivity index (χ0n) is 12.3. The van der Waals surface area contributed by atoms with Crippen molar-refractivity contribution in [2.75, 3.05) is 13.7 Å². The molecular formula is C16H16N2O2S2. The average Bonchev–Trinajstić information content (AvgIpc) is 3.14. The number of benzene rings is 1. The lowest BCUT2D eigenvalue weighted by Crippen LogP contribution is -2.35. The van der Waals surface area contributed by atoms with Crippen molar-refractivity contribution in [3.8, 4) is 9.88 Å². The van der Waals surface area contributed by atoms with Gasteiger partial charge in [0.25, 0.3) is 5.91 Å². The molecule has 0 fully saturated rings. The molecule has 114 valence electrons. The minimum Gasteiger partial charge on any atom is -0.383 e.